The molecule has 0 saturated heterocycles. The first-order valence-electron chi connectivity index (χ1n) is 6.38. The first-order chi connectivity index (χ1) is 9.92. The molecule has 0 unspecified atom stereocenters. The second-order valence-electron chi connectivity index (χ2n) is 5.01. The summed E-state index contributed by atoms with van der Waals surface area (Å²) in [6.07, 6.45) is 3.10. The van der Waals surface area contributed by atoms with Crippen molar-refractivity contribution in [3.8, 4) is 11.5 Å². The summed E-state index contributed by atoms with van der Waals surface area (Å²) in [5.74, 6) is 0.839. The van der Waals surface area contributed by atoms with Crippen LogP contribution in [0.2, 0.25) is 0 Å². The fourth-order valence-electron chi connectivity index (χ4n) is 1.85. The molecule has 0 atom stereocenters. The average Bonchev–Trinajstić information content (AvgIpc) is 3.15. The molecule has 0 aliphatic heterocycles. The number of sulfonamides is 1. The van der Waals surface area contributed by atoms with Crippen molar-refractivity contribution >= 4 is 15.9 Å². The number of nitrogens with one attached hydrogen (secondary N) is 1. The van der Waals surface area contributed by atoms with Gasteiger partial charge in [-0.05, 0) is 37.1 Å². The third-order valence-corrected chi connectivity index (χ3v) is 3.61. The van der Waals surface area contributed by atoms with E-state index >= 15 is 0 Å². The van der Waals surface area contributed by atoms with Gasteiger partial charge in [0.2, 0.25) is 10.0 Å². The van der Waals surface area contributed by atoms with Crippen molar-refractivity contribution in [2.45, 2.75) is 18.8 Å². The highest BCUT2D eigenvalue weighted by Gasteiger charge is 2.28. The molecule has 2 aromatic rings. The third kappa shape index (κ3) is 3.27. The predicted octanol–water partition coefficient (Wildman–Crippen LogP) is 1.30. The van der Waals surface area contributed by atoms with Gasteiger partial charge in [0.25, 0.3) is 11.8 Å². The van der Waals surface area contributed by atoms with Crippen molar-refractivity contribution in [1.82, 2.24) is 14.9 Å². The van der Waals surface area contributed by atoms with E-state index in [4.69, 9.17) is 4.52 Å². The van der Waals surface area contributed by atoms with Gasteiger partial charge in [-0.15, -0.1) is 0 Å². The van der Waals surface area contributed by atoms with E-state index in [0.29, 0.717) is 23.2 Å². The minimum absolute atomic E-state index is 0.242. The number of amides is 1. The zero-order valence-corrected chi connectivity index (χ0v) is 12.1. The molecule has 0 bridgehead atoms. The maximum absolute atomic E-state index is 11.7. The highest BCUT2D eigenvalue weighted by Crippen LogP contribution is 2.38. The van der Waals surface area contributed by atoms with Gasteiger partial charge in [-0.3, -0.25) is 4.79 Å². The van der Waals surface area contributed by atoms with E-state index in [0.717, 1.165) is 19.1 Å². The average molecular weight is 307 g/mol. The monoisotopic (exact) mass is 307 g/mol. The van der Waals surface area contributed by atoms with Crippen LogP contribution in [0.25, 0.3) is 11.5 Å². The molecule has 1 aliphatic rings. The van der Waals surface area contributed by atoms with Crippen molar-refractivity contribution in [1.29, 1.82) is 0 Å². The molecule has 1 aliphatic carbocycles. The van der Waals surface area contributed by atoms with Gasteiger partial charge in [0.1, 0.15) is 0 Å². The van der Waals surface area contributed by atoms with Gasteiger partial charge in [0, 0.05) is 17.0 Å². The van der Waals surface area contributed by atoms with Crippen molar-refractivity contribution in [2.24, 2.45) is 0 Å². The molecule has 21 heavy (non-hydrogen) atoms. The van der Waals surface area contributed by atoms with E-state index in [1.165, 1.54) is 12.1 Å². The number of carbonyl (C=O) groups is 1. The first kappa shape index (κ1) is 13.7. The van der Waals surface area contributed by atoms with Crippen LogP contribution in [-0.4, -0.2) is 30.7 Å². The Balaban J connectivity index is 1.78. The maximum atomic E-state index is 11.7. The number of hydrogen-bond acceptors (Lipinski definition) is 6. The highest BCUT2D eigenvalue weighted by molar-refractivity contribution is 7.89. The summed E-state index contributed by atoms with van der Waals surface area (Å²) in [6, 6.07) is 6.30. The topological polar surface area (TPSA) is 102 Å². The molecule has 0 radical (unpaired) electrons. The Morgan fingerprint density at radius 1 is 1.29 bits per heavy atom. The fourth-order valence-corrected chi connectivity index (χ4v) is 2.31. The van der Waals surface area contributed by atoms with Gasteiger partial charge in [-0.2, -0.15) is 4.98 Å². The number of hydrogen-bond donors (Lipinski definition) is 1. The summed E-state index contributed by atoms with van der Waals surface area (Å²) in [4.78, 5) is 16.0. The zero-order chi connectivity index (χ0) is 15.0. The Bertz CT molecular complexity index is 776. The molecule has 7 nitrogen and oxygen atoms in total. The first-order valence-corrected chi connectivity index (χ1v) is 8.28. The van der Waals surface area contributed by atoms with E-state index in [-0.39, 0.29) is 5.56 Å². The molecule has 1 saturated carbocycles. The Labute approximate surface area is 121 Å². The quantitative estimate of drug-likeness (QED) is 0.913. The maximum Gasteiger partial charge on any atom is 0.264 e. The van der Waals surface area contributed by atoms with Gasteiger partial charge in [0.15, 0.2) is 5.82 Å². The molecule has 1 aromatic carbocycles. The SMILES string of the molecule is CS(=O)(=O)NC(=O)c1ccc(-c2nc(C3CC3)no2)cc1. The van der Waals surface area contributed by atoms with Gasteiger partial charge in [-0.1, -0.05) is 5.16 Å². The van der Waals surface area contributed by atoms with E-state index < -0.39 is 15.9 Å². The number of nitrogens with zero attached hydrogens (tertiary/aromatic N) is 2. The van der Waals surface area contributed by atoms with E-state index in [1.54, 1.807) is 12.1 Å². The summed E-state index contributed by atoms with van der Waals surface area (Å²) in [5, 5.41) is 3.92. The van der Waals surface area contributed by atoms with Gasteiger partial charge >= 0.3 is 0 Å². The van der Waals surface area contributed by atoms with Gasteiger partial charge in [0.05, 0.1) is 6.26 Å². The van der Waals surface area contributed by atoms with Crippen LogP contribution in [0.1, 0.15) is 34.9 Å². The lowest BCUT2D eigenvalue weighted by Crippen LogP contribution is -2.29. The van der Waals surface area contributed by atoms with E-state index in [2.05, 4.69) is 10.1 Å². The number of carbonyl (C=O) groups excluding carboxylic acids is 1. The lowest BCUT2D eigenvalue weighted by molar-refractivity contribution is 0.0981. The van der Waals surface area contributed by atoms with Crippen LogP contribution >= 0.6 is 0 Å². The van der Waals surface area contributed by atoms with Crippen LogP contribution in [0.4, 0.5) is 0 Å². The Kier molecular flexibility index (Phi) is 3.25. The third-order valence-electron chi connectivity index (χ3n) is 3.06. The summed E-state index contributed by atoms with van der Waals surface area (Å²) in [6.45, 7) is 0. The molecule has 110 valence electrons. The highest BCUT2D eigenvalue weighted by atomic mass is 32.2. The summed E-state index contributed by atoms with van der Waals surface area (Å²) < 4.78 is 29.1. The predicted molar refractivity (Wildman–Crippen MR) is 74.0 cm³/mol. The smallest absolute Gasteiger partial charge is 0.264 e. The van der Waals surface area contributed by atoms with Crippen LogP contribution < -0.4 is 4.72 Å². The summed E-state index contributed by atoms with van der Waals surface area (Å²) >= 11 is 0. The molecular weight excluding hydrogens is 294 g/mol. The molecule has 1 heterocycles. The van der Waals surface area contributed by atoms with Crippen molar-refractivity contribution in [3.05, 3.63) is 35.7 Å². The summed E-state index contributed by atoms with van der Waals surface area (Å²) in [7, 11) is -3.57. The molecule has 1 amide bonds. The van der Waals surface area contributed by atoms with Crippen LogP contribution in [0, 0.1) is 0 Å². The van der Waals surface area contributed by atoms with Crippen molar-refractivity contribution < 1.29 is 17.7 Å². The Morgan fingerprint density at radius 3 is 2.52 bits per heavy atom. The van der Waals surface area contributed by atoms with Crippen molar-refractivity contribution in [3.63, 3.8) is 0 Å². The van der Waals surface area contributed by atoms with Crippen LogP contribution in [-0.2, 0) is 10.0 Å². The normalized spacial score (nSPS) is 14.9. The summed E-state index contributed by atoms with van der Waals surface area (Å²) in [5.41, 5.74) is 0.927. The molecule has 1 fully saturated rings. The van der Waals surface area contributed by atoms with Gasteiger partial charge in [-0.25, -0.2) is 13.1 Å². The second-order valence-corrected chi connectivity index (χ2v) is 6.76. The minimum atomic E-state index is -3.57. The number of rotatable bonds is 4. The molecule has 8 heteroatoms. The van der Waals surface area contributed by atoms with Gasteiger partial charge < -0.3 is 4.52 Å². The molecule has 3 rings (SSSR count). The fraction of sp³-hybridized carbons (Fsp3) is 0.308. The second kappa shape index (κ2) is 4.96. The largest absolute Gasteiger partial charge is 0.334 e. The van der Waals surface area contributed by atoms with Crippen LogP contribution in [0.5, 0.6) is 0 Å². The molecule has 1 N–H and O–H groups in total. The molecule has 0 spiro atoms. The van der Waals surface area contributed by atoms with Crippen molar-refractivity contribution in [2.75, 3.05) is 6.26 Å². The van der Waals surface area contributed by atoms with Crippen LogP contribution in [0.3, 0.4) is 0 Å². The molecular formula is C13H13N3O4S. The number of aromatic nitrogens is 2. The lowest BCUT2D eigenvalue weighted by Gasteiger charge is -2.02. The number of benzene rings is 1. The Morgan fingerprint density at radius 2 is 1.95 bits per heavy atom. The Hall–Kier alpha value is -2.22. The standard InChI is InChI=1S/C13H13N3O4S/c1-21(18,19)16-12(17)9-4-6-10(7-5-9)13-14-11(15-20-13)8-2-3-8/h4-8H,2-3H2,1H3,(H,16,17). The molecule has 1 aromatic heterocycles. The van der Waals surface area contributed by atoms with E-state index in [1.807, 2.05) is 4.72 Å². The van der Waals surface area contributed by atoms with Crippen LogP contribution in [0.15, 0.2) is 28.8 Å². The zero-order valence-electron chi connectivity index (χ0n) is 11.2. The minimum Gasteiger partial charge on any atom is -0.334 e. The van der Waals surface area contributed by atoms with E-state index in [9.17, 15) is 13.2 Å². The lowest BCUT2D eigenvalue weighted by atomic mass is 10.1.